The smallest absolute Gasteiger partial charge is 0.140 e. The number of hydrogen-bond donors (Lipinski definition) is 0. The third kappa shape index (κ3) is 4.45. The molecule has 0 bridgehead atoms. The Hall–Kier alpha value is -2.09. The van der Waals surface area contributed by atoms with Crippen molar-refractivity contribution in [2.24, 2.45) is 0 Å². The Balaban J connectivity index is 2.10. The lowest BCUT2D eigenvalue weighted by molar-refractivity contribution is 0.788. The number of hydrogen-bond acceptors (Lipinski definition) is 1. The molecule has 2 nitrogen and oxygen atoms in total. The maximum atomic E-state index is 4.57. The number of rotatable bonds is 6. The van der Waals surface area contributed by atoms with Crippen molar-refractivity contribution in [2.75, 3.05) is 0 Å². The monoisotopic (exact) mass is 294 g/mol. The zero-order chi connectivity index (χ0) is 15.9. The van der Waals surface area contributed by atoms with Crippen molar-refractivity contribution in [3.05, 3.63) is 65.5 Å². The summed E-state index contributed by atoms with van der Waals surface area (Å²) in [6, 6.07) is 10.4. The first-order valence-corrected chi connectivity index (χ1v) is 7.94. The minimum atomic E-state index is 0.886. The van der Waals surface area contributed by atoms with Gasteiger partial charge < -0.3 is 4.57 Å². The number of aryl methyl sites for hydroxylation is 1. The Morgan fingerprint density at radius 2 is 1.82 bits per heavy atom. The Kier molecular flexibility index (Phi) is 5.76. The van der Waals surface area contributed by atoms with Crippen molar-refractivity contribution in [2.45, 2.75) is 47.1 Å². The van der Waals surface area contributed by atoms with E-state index in [1.54, 1.807) is 0 Å². The van der Waals surface area contributed by atoms with Crippen molar-refractivity contribution in [1.29, 1.82) is 0 Å². The summed E-state index contributed by atoms with van der Waals surface area (Å²) < 4.78 is 2.28. The van der Waals surface area contributed by atoms with E-state index in [4.69, 9.17) is 0 Å². The summed E-state index contributed by atoms with van der Waals surface area (Å²) in [5.41, 5.74) is 5.20. The van der Waals surface area contributed by atoms with Gasteiger partial charge in [-0.3, -0.25) is 0 Å². The number of imidazole rings is 1. The van der Waals surface area contributed by atoms with Crippen LogP contribution in [0, 0.1) is 6.92 Å². The molecule has 0 spiro atoms. The van der Waals surface area contributed by atoms with Gasteiger partial charge in [0.25, 0.3) is 0 Å². The molecule has 2 heteroatoms. The largest absolute Gasteiger partial charge is 0.325 e. The Labute approximate surface area is 134 Å². The molecule has 0 aliphatic rings. The summed E-state index contributed by atoms with van der Waals surface area (Å²) in [7, 11) is 0. The summed E-state index contributed by atoms with van der Waals surface area (Å²) in [6.07, 6.45) is 8.82. The first-order chi connectivity index (χ1) is 10.6. The molecular formula is C20H26N2. The molecule has 0 unspecified atom stereocenters. The van der Waals surface area contributed by atoms with Gasteiger partial charge in [-0.1, -0.05) is 53.6 Å². The van der Waals surface area contributed by atoms with Gasteiger partial charge in [0.2, 0.25) is 0 Å². The van der Waals surface area contributed by atoms with Crippen LogP contribution in [0.5, 0.6) is 0 Å². The van der Waals surface area contributed by atoms with Crippen LogP contribution in [0.2, 0.25) is 0 Å². The van der Waals surface area contributed by atoms with Crippen molar-refractivity contribution in [3.8, 4) is 11.4 Å². The fourth-order valence-corrected chi connectivity index (χ4v) is 2.45. The Morgan fingerprint density at radius 1 is 1.09 bits per heavy atom. The van der Waals surface area contributed by atoms with E-state index in [2.05, 4.69) is 73.7 Å². The van der Waals surface area contributed by atoms with E-state index in [0.29, 0.717) is 0 Å². The third-order valence-electron chi connectivity index (χ3n) is 3.80. The molecule has 0 radical (unpaired) electrons. The topological polar surface area (TPSA) is 17.8 Å². The van der Waals surface area contributed by atoms with Crippen LogP contribution < -0.4 is 0 Å². The molecule has 0 N–H and O–H groups in total. The lowest BCUT2D eigenvalue weighted by Gasteiger charge is -2.09. The van der Waals surface area contributed by atoms with Gasteiger partial charge in [-0.25, -0.2) is 4.98 Å². The number of allylic oxidation sites excluding steroid dienone is 4. The quantitative estimate of drug-likeness (QED) is 0.638. The predicted octanol–water partition coefficient (Wildman–Crippen LogP) is 5.55. The van der Waals surface area contributed by atoms with Crippen LogP contribution in [0.25, 0.3) is 11.4 Å². The lowest BCUT2D eigenvalue weighted by Crippen LogP contribution is -2.01. The molecule has 1 aromatic carbocycles. The first-order valence-electron chi connectivity index (χ1n) is 7.94. The van der Waals surface area contributed by atoms with Gasteiger partial charge in [-0.2, -0.15) is 0 Å². The average molecular weight is 294 g/mol. The van der Waals surface area contributed by atoms with Gasteiger partial charge in [0.1, 0.15) is 5.82 Å². The molecule has 2 rings (SSSR count). The van der Waals surface area contributed by atoms with Crippen molar-refractivity contribution < 1.29 is 0 Å². The zero-order valence-electron chi connectivity index (χ0n) is 14.1. The van der Waals surface area contributed by atoms with E-state index in [1.807, 2.05) is 12.3 Å². The summed E-state index contributed by atoms with van der Waals surface area (Å²) in [4.78, 5) is 4.57. The molecule has 0 fully saturated rings. The van der Waals surface area contributed by atoms with Gasteiger partial charge in [-0.15, -0.1) is 0 Å². The van der Waals surface area contributed by atoms with E-state index in [1.165, 1.54) is 22.4 Å². The van der Waals surface area contributed by atoms with Crippen molar-refractivity contribution >= 4 is 0 Å². The second-order valence-electron chi connectivity index (χ2n) is 6.07. The van der Waals surface area contributed by atoms with E-state index in [0.717, 1.165) is 25.2 Å². The molecule has 0 saturated carbocycles. The van der Waals surface area contributed by atoms with E-state index >= 15 is 0 Å². The standard InChI is InChI=1S/C20H26N2/c1-16(2)9-8-10-17(3)13-14-22-18(4)15-21-20(22)19-11-6-5-7-12-19/h5-7,9,11-13,15H,8,10,14H2,1-4H3/b17-13+. The normalized spacial score (nSPS) is 11.5. The molecule has 2 aromatic rings. The number of nitrogens with zero attached hydrogens (tertiary/aromatic N) is 2. The van der Waals surface area contributed by atoms with E-state index < -0.39 is 0 Å². The Morgan fingerprint density at radius 3 is 2.50 bits per heavy atom. The molecule has 1 heterocycles. The van der Waals surface area contributed by atoms with Crippen LogP contribution in [0.1, 0.15) is 39.3 Å². The maximum Gasteiger partial charge on any atom is 0.140 e. The molecule has 116 valence electrons. The summed E-state index contributed by atoms with van der Waals surface area (Å²) in [5, 5.41) is 0. The first kappa shape index (κ1) is 16.3. The SMILES string of the molecule is CC(C)=CCC/C(C)=C/Cn1c(C)cnc1-c1ccccc1. The molecule has 1 aromatic heterocycles. The highest BCUT2D eigenvalue weighted by Gasteiger charge is 2.07. The minimum Gasteiger partial charge on any atom is -0.325 e. The van der Waals surface area contributed by atoms with E-state index in [-0.39, 0.29) is 0 Å². The number of benzene rings is 1. The third-order valence-corrected chi connectivity index (χ3v) is 3.80. The second-order valence-corrected chi connectivity index (χ2v) is 6.07. The second kappa shape index (κ2) is 7.79. The van der Waals surface area contributed by atoms with E-state index in [9.17, 15) is 0 Å². The zero-order valence-corrected chi connectivity index (χ0v) is 14.1. The molecule has 0 aliphatic carbocycles. The summed E-state index contributed by atoms with van der Waals surface area (Å²) in [6.45, 7) is 9.52. The molecular weight excluding hydrogens is 268 g/mol. The lowest BCUT2D eigenvalue weighted by atomic mass is 10.1. The molecule has 0 saturated heterocycles. The molecule has 0 atom stereocenters. The highest BCUT2D eigenvalue weighted by molar-refractivity contribution is 5.55. The van der Waals surface area contributed by atoms with Crippen LogP contribution >= 0.6 is 0 Å². The average Bonchev–Trinajstić information content (AvgIpc) is 2.86. The van der Waals surface area contributed by atoms with Gasteiger partial charge in [-0.05, 0) is 40.5 Å². The predicted molar refractivity (Wildman–Crippen MR) is 94.8 cm³/mol. The van der Waals surface area contributed by atoms with Gasteiger partial charge in [0.15, 0.2) is 0 Å². The summed E-state index contributed by atoms with van der Waals surface area (Å²) in [5.74, 6) is 1.05. The fraction of sp³-hybridized carbons (Fsp3) is 0.350. The summed E-state index contributed by atoms with van der Waals surface area (Å²) >= 11 is 0. The van der Waals surface area contributed by atoms with Crippen LogP contribution in [0.4, 0.5) is 0 Å². The number of aromatic nitrogens is 2. The maximum absolute atomic E-state index is 4.57. The highest BCUT2D eigenvalue weighted by Crippen LogP contribution is 2.19. The minimum absolute atomic E-state index is 0.886. The molecule has 0 aliphatic heterocycles. The van der Waals surface area contributed by atoms with Crippen molar-refractivity contribution in [1.82, 2.24) is 9.55 Å². The Bertz CT molecular complexity index is 656. The van der Waals surface area contributed by atoms with Crippen LogP contribution in [0.15, 0.2) is 59.8 Å². The van der Waals surface area contributed by atoms with Crippen LogP contribution in [-0.4, -0.2) is 9.55 Å². The molecule has 0 amide bonds. The van der Waals surface area contributed by atoms with Crippen molar-refractivity contribution in [3.63, 3.8) is 0 Å². The fourth-order valence-electron chi connectivity index (χ4n) is 2.45. The highest BCUT2D eigenvalue weighted by atomic mass is 15.1. The van der Waals surface area contributed by atoms with Crippen LogP contribution in [-0.2, 0) is 6.54 Å². The van der Waals surface area contributed by atoms with Gasteiger partial charge in [0.05, 0.1) is 0 Å². The molecule has 22 heavy (non-hydrogen) atoms. The van der Waals surface area contributed by atoms with Gasteiger partial charge >= 0.3 is 0 Å². The van der Waals surface area contributed by atoms with Crippen LogP contribution in [0.3, 0.4) is 0 Å². The van der Waals surface area contributed by atoms with Gasteiger partial charge in [0, 0.05) is 24.0 Å².